The number of para-hydroxylation sites is 2. The third-order valence-corrected chi connectivity index (χ3v) is 27.7. The van der Waals surface area contributed by atoms with Crippen LogP contribution in [0.1, 0.15) is 206 Å². The van der Waals surface area contributed by atoms with Gasteiger partial charge in [0.05, 0.1) is 70.3 Å². The van der Waals surface area contributed by atoms with Crippen molar-refractivity contribution in [3.63, 3.8) is 0 Å². The summed E-state index contributed by atoms with van der Waals surface area (Å²) < 4.78 is 97.0. The lowest BCUT2D eigenvalue weighted by atomic mass is 9.79. The second-order valence-corrected chi connectivity index (χ2v) is 41.6. The molecule has 6 amide bonds. The topological polar surface area (TPSA) is 538 Å². The zero-order valence-corrected chi connectivity index (χ0v) is 83.5. The van der Waals surface area contributed by atoms with Gasteiger partial charge in [-0.3, -0.25) is 80.5 Å². The second-order valence-electron chi connectivity index (χ2n) is 38.5. The highest BCUT2D eigenvalue weighted by molar-refractivity contribution is 7.86. The van der Waals surface area contributed by atoms with Crippen molar-refractivity contribution in [2.45, 2.75) is 198 Å². The summed E-state index contributed by atoms with van der Waals surface area (Å²) in [6.07, 6.45) is 13.5. The summed E-state index contributed by atoms with van der Waals surface area (Å²) in [6, 6.07) is 22.6. The third kappa shape index (κ3) is 38.2. The molecule has 0 spiro atoms. The van der Waals surface area contributed by atoms with Crippen LogP contribution in [0.5, 0.6) is 0 Å². The molecule has 3 unspecified atom stereocenters. The molecule has 0 aromatic heterocycles. The monoisotopic (exact) mass is 2020 g/mol. The molecule has 3 atom stereocenters. The Balaban J connectivity index is 1.00. The van der Waals surface area contributed by atoms with E-state index in [4.69, 9.17) is 5.11 Å². The number of aliphatic carboxylic acids is 7. The lowest BCUT2D eigenvalue weighted by molar-refractivity contribution is -0.880. The van der Waals surface area contributed by atoms with Crippen molar-refractivity contribution >= 4 is 127 Å². The number of nitrogens with zero attached hydrogens (tertiary/aromatic N) is 8. The van der Waals surface area contributed by atoms with Gasteiger partial charge in [-0.1, -0.05) is 93.8 Å². The molecule has 43 heteroatoms. The molecule has 3 heterocycles. The van der Waals surface area contributed by atoms with Gasteiger partial charge in [0.1, 0.15) is 25.1 Å². The summed E-state index contributed by atoms with van der Waals surface area (Å²) in [7, 11) is -7.78. The Labute approximate surface area is 829 Å². The first-order valence-electron chi connectivity index (χ1n) is 48.4. The summed E-state index contributed by atoms with van der Waals surface area (Å²) in [6.45, 7) is 9.18. The Bertz CT molecular complexity index is 5500. The number of halogens is 2. The maximum absolute atomic E-state index is 15.0. The normalized spacial score (nSPS) is 17.2. The minimum absolute atomic E-state index is 0.0390. The van der Waals surface area contributed by atoms with E-state index < -0.39 is 160 Å². The number of urea groups is 1. The van der Waals surface area contributed by atoms with Gasteiger partial charge >= 0.3 is 55.1 Å². The molecule has 4 aliphatic rings. The Hall–Kier alpha value is -11.7. The van der Waals surface area contributed by atoms with Crippen LogP contribution in [0, 0.1) is 0 Å². The van der Waals surface area contributed by atoms with Crippen molar-refractivity contribution < 1.29 is 137 Å². The predicted molar refractivity (Wildman–Crippen MR) is 532 cm³/mol. The van der Waals surface area contributed by atoms with E-state index >= 15 is 4.79 Å². The van der Waals surface area contributed by atoms with Gasteiger partial charge in [0, 0.05) is 155 Å². The molecule has 142 heavy (non-hydrogen) atoms. The molecule has 8 rings (SSSR count). The largest absolute Gasteiger partial charge is 0.592 e. The van der Waals surface area contributed by atoms with Gasteiger partial charge in [-0.25, -0.2) is 14.4 Å². The first-order valence-corrected chi connectivity index (χ1v) is 51.6. The number of hydrogen-bond acceptors (Lipinski definition) is 21. The first kappa shape index (κ1) is 116. The molecular formula is C99H140BF2N13O25S2+2. The number of allylic oxidation sites excluding steroid dienone is 8. The molecule has 0 bridgehead atoms. The minimum Gasteiger partial charge on any atom is -0.481 e. The van der Waals surface area contributed by atoms with Gasteiger partial charge in [-0.05, 0) is 186 Å². The zero-order valence-electron chi connectivity index (χ0n) is 81.9. The Morgan fingerprint density at radius 2 is 1.11 bits per heavy atom. The quantitative estimate of drug-likeness (QED) is 0.00643. The van der Waals surface area contributed by atoms with E-state index in [0.717, 1.165) is 50.6 Å². The molecule has 4 aromatic rings. The van der Waals surface area contributed by atoms with E-state index in [1.807, 2.05) is 72.8 Å². The van der Waals surface area contributed by atoms with Crippen LogP contribution in [-0.2, 0) is 80.6 Å². The maximum atomic E-state index is 15.0. The number of carbonyl (C=O) groups excluding carboxylic acids is 5. The van der Waals surface area contributed by atoms with E-state index in [-0.39, 0.29) is 164 Å². The van der Waals surface area contributed by atoms with Crippen LogP contribution in [-0.4, -0.2) is 348 Å². The van der Waals surface area contributed by atoms with Gasteiger partial charge in [0.25, 0.3) is 32.1 Å². The van der Waals surface area contributed by atoms with Gasteiger partial charge in [-0.15, -0.1) is 0 Å². The number of likely N-dealkylation sites (N-methyl/N-ethyl adjacent to an activating group) is 1. The van der Waals surface area contributed by atoms with Gasteiger partial charge in [0.15, 0.2) is 5.71 Å². The number of rotatable bonds is 57. The molecular weight excluding hydrogens is 1880 g/mol. The molecule has 0 radical (unpaired) electrons. The predicted octanol–water partition coefficient (Wildman–Crippen LogP) is 9.39. The van der Waals surface area contributed by atoms with Crippen molar-refractivity contribution in [3.8, 4) is 0 Å². The molecule has 0 saturated carbocycles. The number of carboxylic acids is 7. The number of carbonyl (C=O) groups is 12. The fourth-order valence-corrected chi connectivity index (χ4v) is 19.7. The second kappa shape index (κ2) is 55.2. The van der Waals surface area contributed by atoms with Gasteiger partial charge in [0.2, 0.25) is 17.5 Å². The van der Waals surface area contributed by atoms with Crippen LogP contribution in [0.4, 0.5) is 30.5 Å². The summed E-state index contributed by atoms with van der Waals surface area (Å²) >= 11 is 0. The number of carboxylic acid groups (broad SMARTS) is 7. The summed E-state index contributed by atoms with van der Waals surface area (Å²) in [5.74, 6) is -11.4. The van der Waals surface area contributed by atoms with Crippen LogP contribution in [0.3, 0.4) is 0 Å². The maximum Gasteiger partial charge on any atom is 0.592 e. The number of unbranched alkanes of at least 4 members (excludes halogenated alkanes) is 8. The molecule has 3 aliphatic heterocycles. The van der Waals surface area contributed by atoms with Crippen molar-refractivity contribution in [3.05, 3.63) is 166 Å². The average molecular weight is 2030 g/mol. The van der Waals surface area contributed by atoms with Crippen molar-refractivity contribution in [1.82, 2.24) is 45.8 Å². The van der Waals surface area contributed by atoms with Crippen molar-refractivity contribution in [2.75, 3.05) is 160 Å². The van der Waals surface area contributed by atoms with Crippen LogP contribution in [0.2, 0.25) is 0 Å². The van der Waals surface area contributed by atoms with E-state index in [2.05, 4.69) is 63.8 Å². The molecule has 14 N–H and O–H groups in total. The van der Waals surface area contributed by atoms with Crippen LogP contribution >= 0.6 is 0 Å². The van der Waals surface area contributed by atoms with Gasteiger partial charge in [-0.2, -0.15) is 21.4 Å². The Kier molecular flexibility index (Phi) is 44.9. The van der Waals surface area contributed by atoms with Crippen LogP contribution in [0.15, 0.2) is 132 Å². The molecule has 1 fully saturated rings. The number of fused-ring (bicyclic) bond motifs is 2. The SMILES string of the molecule is CC1(C)C(/C=C/C2=C(c3cc(C(=O)NCCCCCC(=O)N(CCCCCCC(=O)Nc4ccc(CC5CN(CC(=O)O)CCN(CC(=O)O)CCN(CC(=O)O)CCN5CC(=O)O)cc4)CC[N+](C)(C)CB(F)F)cc(C(=O)NCCCCC(NC(=O)NC(CCC(=O)O)C(=O)O)C(=O)O)c3)C(=C/C=C3/N(CCCCS(=O)(=O)O)c4ccccc4C3(C)C)/CCC2)=[N+](CCCCS(=O)(=O)O)c2ccccc21. The number of quaternary nitrogens is 1. The fraction of sp³-hybridized carbons (Fsp3) is 0.545. The number of anilines is 2. The standard InChI is InChI=1S/C99H138BF2N13O25S2/c1-98(2)77-27-12-14-30-81(77)113(47-20-22-57-141(135,136)137)83(98)41-36-70-25-24-26-71(37-42-84-99(3,4)78-28-13-15-31-82(78)114(84)48-21-23-58-142(138,139)140)92(70)72-60-73(62-74(61-72)94(129)104-45-18-16-29-79(95(130)131)106-97(134)107-80(96(132)133)40-43-87(118)119)93(128)103-44-17-9-11-33-86(117)111(55-56-115(5,6)68-100(101)102)46-19-8-7-10-32-85(116)105-75-38-34-69(35-39-75)59-76-63-110(66-90(124)125)52-51-108(64-88(120)121)49-50-109(65-89(122)123)53-54-112(76)67-91(126)127/h12-15,27-28,30-31,34-39,41-42,60-62,76,79-80H,7-11,16-26,29,32-33,40,43-59,63-68H2,1-6H3,(H12-2,103,104,105,106,107,116,118,119,120,121,122,123,124,125,126,127,128,129,130,131,132,133,134,135,136,137,138,139,140)/p+2. The Morgan fingerprint density at radius 1 is 0.563 bits per heavy atom. The third-order valence-electron chi connectivity index (χ3n) is 26.1. The van der Waals surface area contributed by atoms with E-state index in [1.165, 1.54) is 6.07 Å². The lowest BCUT2D eigenvalue weighted by Gasteiger charge is -2.37. The highest BCUT2D eigenvalue weighted by Crippen LogP contribution is 2.49. The van der Waals surface area contributed by atoms with Crippen molar-refractivity contribution in [1.29, 1.82) is 0 Å². The molecule has 778 valence electrons. The van der Waals surface area contributed by atoms with Gasteiger partial charge < -0.3 is 76.6 Å². The summed E-state index contributed by atoms with van der Waals surface area (Å²) in [5, 5.41) is 81.4. The fourth-order valence-electron chi connectivity index (χ4n) is 18.6. The highest BCUT2D eigenvalue weighted by Gasteiger charge is 2.45. The molecule has 1 aliphatic carbocycles. The number of amides is 6. The zero-order chi connectivity index (χ0) is 104. The smallest absolute Gasteiger partial charge is 0.481 e. The lowest BCUT2D eigenvalue weighted by Crippen LogP contribution is -2.53. The summed E-state index contributed by atoms with van der Waals surface area (Å²) in [4.78, 5) is 164. The van der Waals surface area contributed by atoms with Crippen LogP contribution in [0.25, 0.3) is 5.57 Å². The van der Waals surface area contributed by atoms with E-state index in [1.54, 1.807) is 75.0 Å². The average Bonchev–Trinajstić information content (AvgIpc) is 1.60. The molecule has 1 saturated heterocycles. The highest BCUT2D eigenvalue weighted by atomic mass is 32.2. The number of nitrogens with one attached hydrogen (secondary N) is 5. The number of benzene rings is 4. The van der Waals surface area contributed by atoms with Crippen LogP contribution < -0.4 is 31.5 Å². The first-order chi connectivity index (χ1) is 67.1. The van der Waals surface area contributed by atoms with Crippen molar-refractivity contribution in [2.24, 2.45) is 0 Å². The van der Waals surface area contributed by atoms with E-state index in [0.29, 0.717) is 114 Å². The Morgan fingerprint density at radius 3 is 1.71 bits per heavy atom. The number of hydrogen-bond donors (Lipinski definition) is 14. The van der Waals surface area contributed by atoms with E-state index in [9.17, 15) is 118 Å². The molecule has 38 nitrogen and oxygen atoms in total. The summed E-state index contributed by atoms with van der Waals surface area (Å²) in [5.41, 5.74) is 8.56. The molecule has 4 aromatic carbocycles. The minimum atomic E-state index is -4.25.